The molecule has 0 spiro atoms. The van der Waals surface area contributed by atoms with Crippen LogP contribution in [0.3, 0.4) is 0 Å². The Kier molecular flexibility index (Phi) is 4.42. The Hall–Kier alpha value is -2.19. The van der Waals surface area contributed by atoms with E-state index in [1.807, 2.05) is 0 Å². The van der Waals surface area contributed by atoms with Gasteiger partial charge in [-0.3, -0.25) is 0 Å². The summed E-state index contributed by atoms with van der Waals surface area (Å²) in [5.41, 5.74) is 0.744. The molecule has 1 aromatic heterocycles. The van der Waals surface area contributed by atoms with Gasteiger partial charge in [-0.1, -0.05) is 17.7 Å². The van der Waals surface area contributed by atoms with Crippen molar-refractivity contribution in [2.75, 3.05) is 13.1 Å². The highest BCUT2D eigenvalue weighted by molar-refractivity contribution is 7.89. The highest BCUT2D eigenvalue weighted by Crippen LogP contribution is 2.22. The first-order chi connectivity index (χ1) is 11.4. The van der Waals surface area contributed by atoms with Gasteiger partial charge in [0.25, 0.3) is 10.0 Å². The number of hydrogen-bond acceptors (Lipinski definition) is 4. The SMILES string of the molecule is O=C1N(Cc2ccc(Cl)nc2)CCN1S(=O)(=O)c1ccc(F)cc1. The lowest BCUT2D eigenvalue weighted by molar-refractivity contribution is 0.205. The van der Waals surface area contributed by atoms with Crippen molar-refractivity contribution in [3.05, 3.63) is 59.1 Å². The van der Waals surface area contributed by atoms with Crippen LogP contribution in [0.15, 0.2) is 47.5 Å². The number of pyridine rings is 1. The van der Waals surface area contributed by atoms with Gasteiger partial charge in [0.1, 0.15) is 11.0 Å². The largest absolute Gasteiger partial charge is 0.334 e. The Morgan fingerprint density at radius 3 is 2.46 bits per heavy atom. The van der Waals surface area contributed by atoms with Crippen molar-refractivity contribution in [1.29, 1.82) is 0 Å². The molecule has 1 aliphatic heterocycles. The first-order valence-electron chi connectivity index (χ1n) is 7.05. The van der Waals surface area contributed by atoms with Gasteiger partial charge in [0.2, 0.25) is 0 Å². The number of rotatable bonds is 4. The van der Waals surface area contributed by atoms with Crippen molar-refractivity contribution in [2.45, 2.75) is 11.4 Å². The van der Waals surface area contributed by atoms with Crippen molar-refractivity contribution in [2.24, 2.45) is 0 Å². The second-order valence-electron chi connectivity index (χ2n) is 5.22. The smallest absolute Gasteiger partial charge is 0.318 e. The second-order valence-corrected chi connectivity index (χ2v) is 7.47. The van der Waals surface area contributed by atoms with Crippen LogP contribution in [-0.2, 0) is 16.6 Å². The fourth-order valence-electron chi connectivity index (χ4n) is 2.38. The predicted molar refractivity (Wildman–Crippen MR) is 85.3 cm³/mol. The molecule has 126 valence electrons. The molecule has 0 saturated carbocycles. The molecule has 2 heterocycles. The fraction of sp³-hybridized carbons (Fsp3) is 0.200. The lowest BCUT2D eigenvalue weighted by atomic mass is 10.3. The molecule has 24 heavy (non-hydrogen) atoms. The van der Waals surface area contributed by atoms with Gasteiger partial charge in [-0.2, -0.15) is 0 Å². The van der Waals surface area contributed by atoms with Crippen molar-refractivity contribution >= 4 is 27.7 Å². The third-order valence-corrected chi connectivity index (χ3v) is 5.63. The minimum Gasteiger partial charge on any atom is -0.318 e. The van der Waals surface area contributed by atoms with E-state index in [2.05, 4.69) is 4.98 Å². The average molecular weight is 370 g/mol. The third-order valence-electron chi connectivity index (χ3n) is 3.62. The van der Waals surface area contributed by atoms with Gasteiger partial charge >= 0.3 is 6.03 Å². The molecule has 0 atom stereocenters. The van der Waals surface area contributed by atoms with Gasteiger partial charge in [-0.15, -0.1) is 0 Å². The standard InChI is InChI=1S/C15H13ClFN3O3S/c16-14-6-1-11(9-18-14)10-19-7-8-20(15(19)21)24(22,23)13-4-2-12(17)3-5-13/h1-6,9H,7-8,10H2. The summed E-state index contributed by atoms with van der Waals surface area (Å²) in [6.45, 7) is 0.542. The van der Waals surface area contributed by atoms with E-state index >= 15 is 0 Å². The van der Waals surface area contributed by atoms with E-state index < -0.39 is 21.9 Å². The Labute approximate surface area is 143 Å². The predicted octanol–water partition coefficient (Wildman–Crippen LogP) is 2.50. The summed E-state index contributed by atoms with van der Waals surface area (Å²) in [6, 6.07) is 7.08. The van der Waals surface area contributed by atoms with Crippen LogP contribution in [0.4, 0.5) is 9.18 Å². The van der Waals surface area contributed by atoms with Crippen LogP contribution in [0.5, 0.6) is 0 Å². The van der Waals surface area contributed by atoms with Crippen LogP contribution < -0.4 is 0 Å². The van der Waals surface area contributed by atoms with Gasteiger partial charge in [0, 0.05) is 19.3 Å². The maximum absolute atomic E-state index is 13.0. The molecule has 0 N–H and O–H groups in total. The molecule has 0 bridgehead atoms. The van der Waals surface area contributed by atoms with E-state index in [1.165, 1.54) is 11.1 Å². The molecule has 0 radical (unpaired) electrons. The van der Waals surface area contributed by atoms with Crippen LogP contribution in [0.25, 0.3) is 0 Å². The first-order valence-corrected chi connectivity index (χ1v) is 8.87. The Morgan fingerprint density at radius 1 is 1.12 bits per heavy atom. The topological polar surface area (TPSA) is 70.6 Å². The molecule has 9 heteroatoms. The van der Waals surface area contributed by atoms with Gasteiger partial charge in [0.05, 0.1) is 11.4 Å². The molecule has 6 nitrogen and oxygen atoms in total. The Balaban J connectivity index is 1.78. The van der Waals surface area contributed by atoms with Crippen LogP contribution in [0.2, 0.25) is 5.15 Å². The zero-order valence-corrected chi connectivity index (χ0v) is 14.0. The quantitative estimate of drug-likeness (QED) is 0.776. The molecular weight excluding hydrogens is 357 g/mol. The summed E-state index contributed by atoms with van der Waals surface area (Å²) in [5.74, 6) is -0.543. The van der Waals surface area contributed by atoms with Crippen molar-refractivity contribution in [1.82, 2.24) is 14.2 Å². The summed E-state index contributed by atoms with van der Waals surface area (Å²) < 4.78 is 38.8. The minimum atomic E-state index is -4.00. The Bertz CT molecular complexity index is 857. The van der Waals surface area contributed by atoms with E-state index in [0.717, 1.165) is 34.1 Å². The summed E-state index contributed by atoms with van der Waals surface area (Å²) in [7, 11) is -4.00. The normalized spacial score (nSPS) is 15.2. The van der Waals surface area contributed by atoms with Gasteiger partial charge in [0.15, 0.2) is 0 Å². The number of nitrogens with zero attached hydrogens (tertiary/aromatic N) is 3. The van der Waals surface area contributed by atoms with Gasteiger partial charge in [-0.05, 0) is 35.9 Å². The zero-order chi connectivity index (χ0) is 17.3. The third kappa shape index (κ3) is 3.20. The number of halogens is 2. The first kappa shape index (κ1) is 16.7. The molecule has 1 fully saturated rings. The van der Waals surface area contributed by atoms with E-state index in [0.29, 0.717) is 5.15 Å². The monoisotopic (exact) mass is 369 g/mol. The molecule has 1 aromatic carbocycles. The number of aromatic nitrogens is 1. The zero-order valence-electron chi connectivity index (χ0n) is 12.4. The summed E-state index contributed by atoms with van der Waals surface area (Å²) in [4.78, 5) is 17.6. The lowest BCUT2D eigenvalue weighted by Gasteiger charge is -2.18. The number of carbonyl (C=O) groups is 1. The van der Waals surface area contributed by atoms with E-state index in [9.17, 15) is 17.6 Å². The number of benzene rings is 1. The molecule has 0 unspecified atom stereocenters. The Morgan fingerprint density at radius 2 is 1.83 bits per heavy atom. The number of urea groups is 1. The molecule has 1 aliphatic rings. The highest BCUT2D eigenvalue weighted by atomic mass is 35.5. The van der Waals surface area contributed by atoms with Crippen LogP contribution in [0.1, 0.15) is 5.56 Å². The number of sulfonamides is 1. The number of amides is 2. The van der Waals surface area contributed by atoms with Crippen molar-refractivity contribution < 1.29 is 17.6 Å². The molecule has 1 saturated heterocycles. The summed E-state index contributed by atoms with van der Waals surface area (Å²) >= 11 is 5.71. The molecule has 3 rings (SSSR count). The summed E-state index contributed by atoms with van der Waals surface area (Å²) in [5, 5.41) is 0.340. The lowest BCUT2D eigenvalue weighted by Crippen LogP contribution is -2.36. The van der Waals surface area contributed by atoms with E-state index in [1.54, 1.807) is 12.1 Å². The average Bonchev–Trinajstić information content (AvgIpc) is 2.92. The van der Waals surface area contributed by atoms with Crippen LogP contribution >= 0.6 is 11.6 Å². The van der Waals surface area contributed by atoms with Gasteiger partial charge < -0.3 is 4.90 Å². The van der Waals surface area contributed by atoms with Crippen LogP contribution in [0, 0.1) is 5.82 Å². The van der Waals surface area contributed by atoms with E-state index in [-0.39, 0.29) is 24.5 Å². The highest BCUT2D eigenvalue weighted by Gasteiger charge is 2.37. The summed E-state index contributed by atoms with van der Waals surface area (Å²) in [6.07, 6.45) is 1.53. The molecule has 2 amide bonds. The maximum atomic E-state index is 13.0. The minimum absolute atomic E-state index is 0.0412. The molecular formula is C15H13ClFN3O3S. The number of carbonyl (C=O) groups excluding carboxylic acids is 1. The van der Waals surface area contributed by atoms with Crippen LogP contribution in [-0.4, -0.2) is 41.7 Å². The van der Waals surface area contributed by atoms with Gasteiger partial charge in [-0.25, -0.2) is 26.9 Å². The van der Waals surface area contributed by atoms with Crippen molar-refractivity contribution in [3.8, 4) is 0 Å². The molecule has 0 aliphatic carbocycles. The molecule has 2 aromatic rings. The fourth-order valence-corrected chi connectivity index (χ4v) is 3.87. The number of hydrogen-bond donors (Lipinski definition) is 0. The second kappa shape index (κ2) is 6.37. The van der Waals surface area contributed by atoms with E-state index in [4.69, 9.17) is 11.6 Å². The van der Waals surface area contributed by atoms with Crippen molar-refractivity contribution in [3.63, 3.8) is 0 Å². The maximum Gasteiger partial charge on any atom is 0.334 e.